The Morgan fingerprint density at radius 2 is 1.10 bits per heavy atom. The molecular weight excluding hydrogens is 414 g/mol. The third-order valence-corrected chi connectivity index (χ3v) is 2.95. The van der Waals surface area contributed by atoms with Gasteiger partial charge in [-0.1, -0.05) is 64.1 Å². The van der Waals surface area contributed by atoms with E-state index < -0.39 is 0 Å². The summed E-state index contributed by atoms with van der Waals surface area (Å²) < 4.78 is 0. The third-order valence-electron chi connectivity index (χ3n) is 2.95. The predicted molar refractivity (Wildman–Crippen MR) is 85.9 cm³/mol. The first-order chi connectivity index (χ1) is 9.36. The molecule has 2 aromatic rings. The molecule has 0 unspecified atom stereocenters. The fourth-order valence-corrected chi connectivity index (χ4v) is 2.18. The van der Waals surface area contributed by atoms with Gasteiger partial charge in [0.15, 0.2) is 0 Å². The molecule has 0 saturated heterocycles. The smallest absolute Gasteiger partial charge is 0.0147 e. The quantitative estimate of drug-likeness (QED) is 0.487. The molecule has 0 N–H and O–H groups in total. The van der Waals surface area contributed by atoms with E-state index in [-0.39, 0.29) is 21.1 Å². The summed E-state index contributed by atoms with van der Waals surface area (Å²) in [6.45, 7) is 8.00. The maximum absolute atomic E-state index is 4.11. The van der Waals surface area contributed by atoms with Crippen LogP contribution in [-0.4, -0.2) is 0 Å². The van der Waals surface area contributed by atoms with Crippen molar-refractivity contribution in [1.82, 2.24) is 0 Å². The molecular formula is C18H24NW-. The van der Waals surface area contributed by atoms with Crippen molar-refractivity contribution in [2.24, 2.45) is 0 Å². The van der Waals surface area contributed by atoms with E-state index in [0.717, 1.165) is 6.42 Å². The Balaban J connectivity index is 0.000000667. The van der Waals surface area contributed by atoms with Gasteiger partial charge in [-0.15, -0.1) is 0 Å². The van der Waals surface area contributed by atoms with Crippen LogP contribution >= 0.6 is 0 Å². The van der Waals surface area contributed by atoms with Gasteiger partial charge in [0.1, 0.15) is 0 Å². The third kappa shape index (κ3) is 3.96. The summed E-state index contributed by atoms with van der Waals surface area (Å²) in [5, 5.41) is 0. The summed E-state index contributed by atoms with van der Waals surface area (Å²) in [6.07, 6.45) is 1.01. The normalized spacial score (nSPS) is 10.6. The maximum atomic E-state index is 4.11. The van der Waals surface area contributed by atoms with Crippen LogP contribution < -0.4 is 4.90 Å². The molecule has 2 heteroatoms. The molecule has 108 valence electrons. The largest absolute Gasteiger partial charge is 0.497 e. The first-order valence-electron chi connectivity index (χ1n) is 7.13. The fourth-order valence-electron chi connectivity index (χ4n) is 2.18. The minimum atomic E-state index is 0. The number of anilines is 2. The van der Waals surface area contributed by atoms with Crippen molar-refractivity contribution < 1.29 is 21.1 Å². The molecule has 1 heterocycles. The zero-order chi connectivity index (χ0) is 14.3. The molecule has 2 aromatic carbocycles. The van der Waals surface area contributed by atoms with Crippen molar-refractivity contribution in [3.8, 4) is 0 Å². The van der Waals surface area contributed by atoms with Gasteiger partial charge in [0, 0.05) is 38.9 Å². The Bertz CT molecular complexity index is 463. The zero-order valence-electron chi connectivity index (χ0n) is 12.9. The number of hydrogen-bond donors (Lipinski definition) is 0. The molecule has 20 heavy (non-hydrogen) atoms. The molecule has 1 aliphatic rings. The molecule has 0 aromatic heterocycles. The van der Waals surface area contributed by atoms with Crippen LogP contribution in [0.3, 0.4) is 0 Å². The van der Waals surface area contributed by atoms with Crippen LogP contribution in [-0.2, 0) is 27.5 Å². The number of rotatable bonds is 0. The van der Waals surface area contributed by atoms with Crippen molar-refractivity contribution in [2.45, 2.75) is 34.1 Å². The van der Waals surface area contributed by atoms with Gasteiger partial charge in [-0.2, -0.15) is 0 Å². The van der Waals surface area contributed by atoms with Crippen molar-refractivity contribution in [3.63, 3.8) is 0 Å². The summed E-state index contributed by atoms with van der Waals surface area (Å²) >= 11 is 0. The predicted octanol–water partition coefficient (Wildman–Crippen LogP) is 5.57. The fraction of sp³-hybridized carbons (Fsp3) is 0.278. The van der Waals surface area contributed by atoms with Gasteiger partial charge >= 0.3 is 0 Å². The van der Waals surface area contributed by atoms with Crippen LogP contribution in [0.25, 0.3) is 0 Å². The summed E-state index contributed by atoms with van der Waals surface area (Å²) in [5.41, 5.74) is 5.14. The molecule has 0 saturated carbocycles. The maximum Gasteiger partial charge on any atom is 0.0147 e. The van der Waals surface area contributed by atoms with Crippen molar-refractivity contribution in [2.75, 3.05) is 4.90 Å². The van der Waals surface area contributed by atoms with E-state index in [9.17, 15) is 0 Å². The van der Waals surface area contributed by atoms with Crippen molar-refractivity contribution >= 4 is 11.4 Å². The number of benzene rings is 2. The van der Waals surface area contributed by atoms with Crippen LogP contribution in [0.15, 0.2) is 48.5 Å². The molecule has 0 radical (unpaired) electrons. The molecule has 1 nitrogen and oxygen atoms in total. The SMILES string of the molecule is CC.CC.[CH2-]N1c2ccccc2Cc2ccccc21.[W]. The van der Waals surface area contributed by atoms with E-state index in [1.165, 1.54) is 22.5 Å². The Hall–Kier alpha value is -1.07. The van der Waals surface area contributed by atoms with E-state index >= 15 is 0 Å². The second kappa shape index (κ2) is 9.77. The summed E-state index contributed by atoms with van der Waals surface area (Å²) in [7, 11) is 4.11. The average molecular weight is 438 g/mol. The molecule has 0 amide bonds. The molecule has 0 bridgehead atoms. The minimum absolute atomic E-state index is 0. The molecule has 0 fully saturated rings. The van der Waals surface area contributed by atoms with Gasteiger partial charge in [0.05, 0.1) is 0 Å². The number of fused-ring (bicyclic) bond motifs is 2. The van der Waals surface area contributed by atoms with Gasteiger partial charge < -0.3 is 4.90 Å². The number of hydrogen-bond acceptors (Lipinski definition) is 1. The molecule has 3 rings (SSSR count). The standard InChI is InChI=1S/C14H12N.2C2H6.W/c1-15-13-8-4-2-6-11(13)10-12-7-3-5-9-14(12)15;2*1-2;/h2-9H,1,10H2;2*1-2H3;/q-1;;;. The second-order valence-corrected chi connectivity index (χ2v) is 3.86. The van der Waals surface area contributed by atoms with E-state index in [2.05, 4.69) is 55.6 Å². The van der Waals surface area contributed by atoms with E-state index in [4.69, 9.17) is 0 Å². The van der Waals surface area contributed by atoms with E-state index in [1.54, 1.807) is 0 Å². The first kappa shape index (κ1) is 18.9. The van der Waals surface area contributed by atoms with Gasteiger partial charge in [-0.3, -0.25) is 7.05 Å². The van der Waals surface area contributed by atoms with Gasteiger partial charge in [0.2, 0.25) is 0 Å². The van der Waals surface area contributed by atoms with Crippen molar-refractivity contribution in [1.29, 1.82) is 0 Å². The Morgan fingerprint density at radius 1 is 0.750 bits per heavy atom. The van der Waals surface area contributed by atoms with Gasteiger partial charge in [0.25, 0.3) is 0 Å². The van der Waals surface area contributed by atoms with Crippen LogP contribution in [0.5, 0.6) is 0 Å². The monoisotopic (exact) mass is 438 g/mol. The van der Waals surface area contributed by atoms with Crippen LogP contribution in [0, 0.1) is 7.05 Å². The molecule has 0 aliphatic carbocycles. The second-order valence-electron chi connectivity index (χ2n) is 3.86. The zero-order valence-corrected chi connectivity index (χ0v) is 15.8. The Kier molecular flexibility index (Phi) is 9.25. The van der Waals surface area contributed by atoms with Gasteiger partial charge in [-0.05, 0) is 23.3 Å². The number of para-hydroxylation sites is 2. The van der Waals surface area contributed by atoms with Crippen LogP contribution in [0.4, 0.5) is 11.4 Å². The van der Waals surface area contributed by atoms with Crippen LogP contribution in [0.1, 0.15) is 38.8 Å². The van der Waals surface area contributed by atoms with Crippen molar-refractivity contribution in [3.05, 3.63) is 66.7 Å². The summed E-state index contributed by atoms with van der Waals surface area (Å²) in [6, 6.07) is 16.9. The van der Waals surface area contributed by atoms with Gasteiger partial charge in [-0.25, -0.2) is 0 Å². The Labute approximate surface area is 138 Å². The average Bonchev–Trinajstić information content (AvgIpc) is 2.52. The number of nitrogens with zero attached hydrogens (tertiary/aromatic N) is 1. The van der Waals surface area contributed by atoms with E-state index in [0.29, 0.717) is 0 Å². The molecule has 0 spiro atoms. The van der Waals surface area contributed by atoms with Crippen LogP contribution in [0.2, 0.25) is 0 Å². The first-order valence-corrected chi connectivity index (χ1v) is 7.13. The minimum Gasteiger partial charge on any atom is -0.497 e. The molecule has 1 aliphatic heterocycles. The summed E-state index contributed by atoms with van der Waals surface area (Å²) in [5.74, 6) is 0. The summed E-state index contributed by atoms with van der Waals surface area (Å²) in [4.78, 5) is 2.02. The topological polar surface area (TPSA) is 3.24 Å². The molecule has 0 atom stereocenters. The Morgan fingerprint density at radius 3 is 1.50 bits per heavy atom. The van der Waals surface area contributed by atoms with E-state index in [1.807, 2.05) is 32.6 Å².